The SMILES string of the molecule is O=C(NCc1ccccc1CO)c1cc(=O)c2ccccc2o1. The number of benzene rings is 2. The first-order valence-electron chi connectivity index (χ1n) is 7.18. The van der Waals surface area contributed by atoms with Gasteiger partial charge in [-0.15, -0.1) is 0 Å². The van der Waals surface area contributed by atoms with Crippen molar-refractivity contribution in [3.05, 3.63) is 81.7 Å². The lowest BCUT2D eigenvalue weighted by Crippen LogP contribution is -2.24. The number of hydrogen-bond donors (Lipinski definition) is 2. The van der Waals surface area contributed by atoms with Gasteiger partial charge in [0.2, 0.25) is 0 Å². The Bertz CT molecular complexity index is 914. The average molecular weight is 309 g/mol. The van der Waals surface area contributed by atoms with E-state index < -0.39 is 5.91 Å². The van der Waals surface area contributed by atoms with Crippen molar-refractivity contribution in [3.8, 4) is 0 Å². The third-order valence-electron chi connectivity index (χ3n) is 3.59. The Balaban J connectivity index is 1.82. The van der Waals surface area contributed by atoms with Crippen molar-refractivity contribution in [2.45, 2.75) is 13.2 Å². The molecular formula is C18H15NO4. The summed E-state index contributed by atoms with van der Waals surface area (Å²) >= 11 is 0. The summed E-state index contributed by atoms with van der Waals surface area (Å²) in [6, 6.07) is 15.2. The van der Waals surface area contributed by atoms with Gasteiger partial charge in [0.05, 0.1) is 12.0 Å². The lowest BCUT2D eigenvalue weighted by molar-refractivity contribution is 0.0923. The summed E-state index contributed by atoms with van der Waals surface area (Å²) in [4.78, 5) is 24.2. The van der Waals surface area contributed by atoms with Gasteiger partial charge in [-0.25, -0.2) is 0 Å². The summed E-state index contributed by atoms with van der Waals surface area (Å²) in [6.45, 7) is 0.142. The fourth-order valence-corrected chi connectivity index (χ4v) is 2.36. The highest BCUT2D eigenvalue weighted by molar-refractivity contribution is 5.93. The van der Waals surface area contributed by atoms with E-state index in [0.29, 0.717) is 11.0 Å². The van der Waals surface area contributed by atoms with Gasteiger partial charge in [-0.3, -0.25) is 9.59 Å². The minimum absolute atomic E-state index is 0.0322. The Hall–Kier alpha value is -2.92. The van der Waals surface area contributed by atoms with Crippen molar-refractivity contribution in [3.63, 3.8) is 0 Å². The van der Waals surface area contributed by atoms with Crippen LogP contribution in [0.1, 0.15) is 21.7 Å². The van der Waals surface area contributed by atoms with Crippen molar-refractivity contribution in [1.82, 2.24) is 5.32 Å². The molecule has 3 rings (SSSR count). The van der Waals surface area contributed by atoms with E-state index in [1.54, 1.807) is 30.3 Å². The van der Waals surface area contributed by atoms with Gasteiger partial charge in [0, 0.05) is 12.6 Å². The lowest BCUT2D eigenvalue weighted by Gasteiger charge is -2.08. The second-order valence-corrected chi connectivity index (χ2v) is 5.08. The normalized spacial score (nSPS) is 10.7. The maximum atomic E-state index is 12.2. The summed E-state index contributed by atoms with van der Waals surface area (Å²) in [5, 5.41) is 12.4. The predicted molar refractivity (Wildman–Crippen MR) is 86.0 cm³/mol. The number of fused-ring (bicyclic) bond motifs is 1. The molecule has 0 atom stereocenters. The first-order chi connectivity index (χ1) is 11.2. The Morgan fingerprint density at radius 3 is 2.52 bits per heavy atom. The van der Waals surface area contributed by atoms with Crippen molar-refractivity contribution in [2.24, 2.45) is 0 Å². The van der Waals surface area contributed by atoms with Crippen LogP contribution >= 0.6 is 0 Å². The van der Waals surface area contributed by atoms with Gasteiger partial charge in [-0.1, -0.05) is 36.4 Å². The van der Waals surface area contributed by atoms with Crippen LogP contribution in [0.4, 0.5) is 0 Å². The number of rotatable bonds is 4. The molecule has 5 heteroatoms. The monoisotopic (exact) mass is 309 g/mol. The molecule has 116 valence electrons. The fourth-order valence-electron chi connectivity index (χ4n) is 2.36. The molecule has 0 fully saturated rings. The first-order valence-corrected chi connectivity index (χ1v) is 7.18. The fraction of sp³-hybridized carbons (Fsp3) is 0.111. The van der Waals surface area contributed by atoms with Crippen LogP contribution in [0.2, 0.25) is 0 Å². The predicted octanol–water partition coefficient (Wildman–Crippen LogP) is 2.22. The van der Waals surface area contributed by atoms with Crippen LogP contribution < -0.4 is 10.7 Å². The highest BCUT2D eigenvalue weighted by Gasteiger charge is 2.12. The van der Waals surface area contributed by atoms with Crippen LogP contribution in [0.3, 0.4) is 0 Å². The molecule has 1 heterocycles. The lowest BCUT2D eigenvalue weighted by atomic mass is 10.1. The van der Waals surface area contributed by atoms with Gasteiger partial charge in [-0.2, -0.15) is 0 Å². The molecule has 0 saturated heterocycles. The van der Waals surface area contributed by atoms with E-state index in [1.807, 2.05) is 18.2 Å². The molecule has 2 aromatic carbocycles. The quantitative estimate of drug-likeness (QED) is 0.774. The number of carbonyl (C=O) groups excluding carboxylic acids is 1. The molecule has 0 spiro atoms. The molecule has 3 aromatic rings. The van der Waals surface area contributed by atoms with Crippen molar-refractivity contribution >= 4 is 16.9 Å². The standard InChI is InChI=1S/C18H15NO4/c20-11-13-6-2-1-5-12(13)10-19-18(22)17-9-15(21)14-7-3-4-8-16(14)23-17/h1-9,20H,10-11H2,(H,19,22). The van der Waals surface area contributed by atoms with Gasteiger partial charge in [0.1, 0.15) is 5.58 Å². The molecule has 2 N–H and O–H groups in total. The molecule has 0 bridgehead atoms. The zero-order valence-electron chi connectivity index (χ0n) is 12.3. The van der Waals surface area contributed by atoms with Crippen LogP contribution in [0.5, 0.6) is 0 Å². The van der Waals surface area contributed by atoms with Crippen molar-refractivity contribution in [2.75, 3.05) is 0 Å². The zero-order valence-corrected chi connectivity index (χ0v) is 12.3. The van der Waals surface area contributed by atoms with Crippen LogP contribution in [0.25, 0.3) is 11.0 Å². The average Bonchev–Trinajstić information content (AvgIpc) is 2.59. The molecule has 1 amide bonds. The van der Waals surface area contributed by atoms with Gasteiger partial charge in [0.25, 0.3) is 5.91 Å². The highest BCUT2D eigenvalue weighted by Crippen LogP contribution is 2.12. The number of carbonyl (C=O) groups is 1. The number of aliphatic hydroxyl groups excluding tert-OH is 1. The summed E-state index contributed by atoms with van der Waals surface area (Å²) in [5.41, 5.74) is 1.67. The molecule has 0 aliphatic carbocycles. The number of amides is 1. The molecule has 0 saturated carbocycles. The molecule has 0 aliphatic heterocycles. The Kier molecular flexibility index (Phi) is 4.21. The number of para-hydroxylation sites is 1. The van der Waals surface area contributed by atoms with Gasteiger partial charge >= 0.3 is 0 Å². The Labute approximate surface area is 132 Å². The second-order valence-electron chi connectivity index (χ2n) is 5.08. The molecular weight excluding hydrogens is 294 g/mol. The number of aliphatic hydroxyl groups is 1. The zero-order chi connectivity index (χ0) is 16.2. The molecule has 5 nitrogen and oxygen atoms in total. The Morgan fingerprint density at radius 1 is 1.04 bits per heavy atom. The number of hydrogen-bond acceptors (Lipinski definition) is 4. The first kappa shape index (κ1) is 15.0. The van der Waals surface area contributed by atoms with Crippen LogP contribution in [-0.2, 0) is 13.2 Å². The molecule has 1 aromatic heterocycles. The van der Waals surface area contributed by atoms with Gasteiger partial charge in [-0.05, 0) is 23.3 Å². The minimum Gasteiger partial charge on any atom is -0.451 e. The largest absolute Gasteiger partial charge is 0.451 e. The minimum atomic E-state index is -0.472. The molecule has 23 heavy (non-hydrogen) atoms. The van der Waals surface area contributed by atoms with E-state index in [2.05, 4.69) is 5.32 Å². The van der Waals surface area contributed by atoms with E-state index in [4.69, 9.17) is 4.42 Å². The van der Waals surface area contributed by atoms with Crippen molar-refractivity contribution in [1.29, 1.82) is 0 Å². The van der Waals surface area contributed by atoms with Crippen LogP contribution in [0.15, 0.2) is 63.8 Å². The van der Waals surface area contributed by atoms with E-state index in [-0.39, 0.29) is 24.3 Å². The summed E-state index contributed by atoms with van der Waals surface area (Å²) < 4.78 is 5.49. The van der Waals surface area contributed by atoms with Crippen LogP contribution in [-0.4, -0.2) is 11.0 Å². The maximum absolute atomic E-state index is 12.2. The maximum Gasteiger partial charge on any atom is 0.287 e. The van der Waals surface area contributed by atoms with Crippen molar-refractivity contribution < 1.29 is 14.3 Å². The topological polar surface area (TPSA) is 79.5 Å². The summed E-state index contributed by atoms with van der Waals surface area (Å²) in [7, 11) is 0. The summed E-state index contributed by atoms with van der Waals surface area (Å²) in [6.07, 6.45) is 0. The van der Waals surface area contributed by atoms with Gasteiger partial charge < -0.3 is 14.8 Å². The number of nitrogens with one attached hydrogen (secondary N) is 1. The van der Waals surface area contributed by atoms with E-state index >= 15 is 0 Å². The van der Waals surface area contributed by atoms with E-state index in [9.17, 15) is 14.7 Å². The van der Waals surface area contributed by atoms with Crippen LogP contribution in [0, 0.1) is 0 Å². The molecule has 0 aliphatic rings. The smallest absolute Gasteiger partial charge is 0.287 e. The van der Waals surface area contributed by atoms with E-state index in [0.717, 1.165) is 11.1 Å². The van der Waals surface area contributed by atoms with Gasteiger partial charge in [0.15, 0.2) is 11.2 Å². The van der Waals surface area contributed by atoms with E-state index in [1.165, 1.54) is 6.07 Å². The second kappa shape index (κ2) is 6.46. The molecule has 0 radical (unpaired) electrons. The molecule has 0 unspecified atom stereocenters. The Morgan fingerprint density at radius 2 is 1.74 bits per heavy atom. The summed E-state index contributed by atoms with van der Waals surface area (Å²) in [5.74, 6) is -0.504. The third kappa shape index (κ3) is 3.14. The highest BCUT2D eigenvalue weighted by atomic mass is 16.3. The third-order valence-corrected chi connectivity index (χ3v) is 3.59.